The molecule has 7 atom stereocenters. The Bertz CT molecular complexity index is 796. The van der Waals surface area contributed by atoms with Crippen molar-refractivity contribution in [1.82, 2.24) is 0 Å². The van der Waals surface area contributed by atoms with Crippen LogP contribution in [0, 0.1) is 44.8 Å². The molecule has 3 nitrogen and oxygen atoms in total. The smallest absolute Gasteiger partial charge is 0.309 e. The van der Waals surface area contributed by atoms with Gasteiger partial charge >= 0.3 is 5.97 Å². The molecule has 3 aliphatic carbocycles. The maximum absolute atomic E-state index is 12.7. The summed E-state index contributed by atoms with van der Waals surface area (Å²) in [7, 11) is 0. The van der Waals surface area contributed by atoms with Crippen LogP contribution in [0.1, 0.15) is 127 Å². The first-order valence-corrected chi connectivity index (χ1v) is 14.2. The van der Waals surface area contributed by atoms with Crippen molar-refractivity contribution in [3.05, 3.63) is 11.6 Å². The molecular weight excluding hydrogens is 420 g/mol. The minimum atomic E-state index is -0.618. The fourth-order valence-corrected chi connectivity index (χ4v) is 9.56. The first-order chi connectivity index (χ1) is 15.6. The number of hydrogen-bond donors (Lipinski definition) is 2. The molecule has 2 saturated carbocycles. The van der Waals surface area contributed by atoms with Crippen molar-refractivity contribution in [2.24, 2.45) is 44.8 Å². The summed E-state index contributed by atoms with van der Waals surface area (Å²) in [5.41, 5.74) is 1.20. The quantitative estimate of drug-likeness (QED) is 0.348. The normalized spacial score (nSPS) is 41.3. The molecule has 0 aromatic carbocycles. The summed E-state index contributed by atoms with van der Waals surface area (Å²) in [6, 6.07) is 0. The Labute approximate surface area is 210 Å². The van der Waals surface area contributed by atoms with Gasteiger partial charge in [-0.1, -0.05) is 73.5 Å². The van der Waals surface area contributed by atoms with E-state index in [1.807, 2.05) is 0 Å². The number of carboxylic acid groups (broad SMARTS) is 1. The average Bonchev–Trinajstić information content (AvgIpc) is 2.72. The summed E-state index contributed by atoms with van der Waals surface area (Å²) >= 11 is 0. The van der Waals surface area contributed by atoms with Crippen LogP contribution in [0.3, 0.4) is 0 Å². The summed E-state index contributed by atoms with van der Waals surface area (Å²) in [5.74, 6) is 0.906. The molecule has 2 fully saturated rings. The van der Waals surface area contributed by atoms with Gasteiger partial charge in [-0.15, -0.1) is 0 Å². The van der Waals surface area contributed by atoms with Crippen LogP contribution >= 0.6 is 0 Å². The second-order valence-electron chi connectivity index (χ2n) is 14.3. The van der Waals surface area contributed by atoms with Gasteiger partial charge in [0.2, 0.25) is 0 Å². The molecule has 0 heterocycles. The van der Waals surface area contributed by atoms with Gasteiger partial charge in [-0.2, -0.15) is 0 Å². The number of carbonyl (C=O) groups is 1. The molecule has 196 valence electrons. The molecule has 0 aromatic rings. The van der Waals surface area contributed by atoms with Crippen LogP contribution in [0.25, 0.3) is 0 Å². The highest BCUT2D eigenvalue weighted by atomic mass is 16.4. The zero-order valence-electron chi connectivity index (χ0n) is 23.8. The lowest BCUT2D eigenvalue weighted by Crippen LogP contribution is -2.62. The van der Waals surface area contributed by atoms with E-state index in [1.54, 1.807) is 0 Å². The van der Waals surface area contributed by atoms with E-state index in [4.69, 9.17) is 0 Å². The fraction of sp³-hybridized carbons (Fsp3) is 0.903. The Morgan fingerprint density at radius 3 is 2.29 bits per heavy atom. The third kappa shape index (κ3) is 4.10. The van der Waals surface area contributed by atoms with Crippen LogP contribution in [-0.2, 0) is 4.79 Å². The van der Waals surface area contributed by atoms with E-state index in [1.165, 1.54) is 18.4 Å². The molecule has 0 saturated heterocycles. The minimum Gasteiger partial charge on any atom is -0.481 e. The molecule has 0 aliphatic heterocycles. The first-order valence-electron chi connectivity index (χ1n) is 14.2. The summed E-state index contributed by atoms with van der Waals surface area (Å²) in [5, 5.41) is 21.3. The molecule has 0 bridgehead atoms. The van der Waals surface area contributed by atoms with Crippen molar-refractivity contribution in [3.8, 4) is 0 Å². The standard InChI is InChI=1S/C31H54O3/c1-10-15-31(26(33)34,20-21(2)3)19-18-29(8)22(4)11-12-24-28(7)16-14-25(32)27(5,6)23(28)13-17-30(24,29)9/h11,21,23-25,32H,10,12-20H2,1-9H3,(H,33,34). The monoisotopic (exact) mass is 474 g/mol. The van der Waals surface area contributed by atoms with Crippen LogP contribution in [0.4, 0.5) is 0 Å². The Balaban J connectivity index is 1.98. The van der Waals surface area contributed by atoms with E-state index in [9.17, 15) is 15.0 Å². The Morgan fingerprint density at radius 1 is 1.09 bits per heavy atom. The molecule has 0 radical (unpaired) electrons. The number of rotatable bonds is 8. The Kier molecular flexibility index (Phi) is 7.54. The second-order valence-corrected chi connectivity index (χ2v) is 14.3. The zero-order chi connectivity index (χ0) is 25.7. The van der Waals surface area contributed by atoms with Crippen LogP contribution in [0.2, 0.25) is 0 Å². The van der Waals surface area contributed by atoms with E-state index < -0.39 is 11.4 Å². The van der Waals surface area contributed by atoms with Gasteiger partial charge < -0.3 is 10.2 Å². The predicted molar refractivity (Wildman–Crippen MR) is 142 cm³/mol. The number of aliphatic carboxylic acids is 1. The van der Waals surface area contributed by atoms with Gasteiger partial charge in [-0.05, 0) is 104 Å². The van der Waals surface area contributed by atoms with Crippen molar-refractivity contribution >= 4 is 5.97 Å². The molecule has 7 unspecified atom stereocenters. The minimum absolute atomic E-state index is 0.00945. The van der Waals surface area contributed by atoms with Gasteiger partial charge in [0.15, 0.2) is 0 Å². The maximum Gasteiger partial charge on any atom is 0.309 e. The van der Waals surface area contributed by atoms with Gasteiger partial charge in [0, 0.05) is 0 Å². The van der Waals surface area contributed by atoms with Crippen molar-refractivity contribution in [1.29, 1.82) is 0 Å². The third-order valence-corrected chi connectivity index (χ3v) is 11.9. The molecule has 34 heavy (non-hydrogen) atoms. The SMILES string of the molecule is CCCC(CCC1(C)C(C)=CCC2C3(C)CCC(O)C(C)(C)C3CCC21C)(CC(C)C)C(=O)O. The molecule has 0 amide bonds. The van der Waals surface area contributed by atoms with Crippen molar-refractivity contribution < 1.29 is 15.0 Å². The summed E-state index contributed by atoms with van der Waals surface area (Å²) < 4.78 is 0. The van der Waals surface area contributed by atoms with Crippen molar-refractivity contribution in [3.63, 3.8) is 0 Å². The van der Waals surface area contributed by atoms with Crippen LogP contribution in [0.15, 0.2) is 11.6 Å². The topological polar surface area (TPSA) is 57.5 Å². The van der Waals surface area contributed by atoms with Crippen molar-refractivity contribution in [2.45, 2.75) is 133 Å². The number of fused-ring (bicyclic) bond motifs is 3. The van der Waals surface area contributed by atoms with E-state index in [2.05, 4.69) is 68.4 Å². The molecule has 2 N–H and O–H groups in total. The van der Waals surface area contributed by atoms with Gasteiger partial charge in [0.1, 0.15) is 0 Å². The number of allylic oxidation sites excluding steroid dienone is 2. The highest BCUT2D eigenvalue weighted by Crippen LogP contribution is 2.72. The van der Waals surface area contributed by atoms with Gasteiger partial charge in [0.05, 0.1) is 11.5 Å². The second kappa shape index (κ2) is 9.24. The summed E-state index contributed by atoms with van der Waals surface area (Å²) in [6.07, 6.45) is 11.9. The number of hydrogen-bond acceptors (Lipinski definition) is 2. The van der Waals surface area contributed by atoms with E-state index in [0.29, 0.717) is 17.8 Å². The number of aliphatic hydroxyl groups excluding tert-OH is 1. The lowest BCUT2D eigenvalue weighted by molar-refractivity contribution is -0.196. The van der Waals surface area contributed by atoms with Gasteiger partial charge in [-0.25, -0.2) is 0 Å². The third-order valence-electron chi connectivity index (χ3n) is 11.9. The largest absolute Gasteiger partial charge is 0.481 e. The highest BCUT2D eigenvalue weighted by molar-refractivity contribution is 5.74. The predicted octanol–water partition coefficient (Wildman–Crippen LogP) is 8.26. The molecule has 3 rings (SSSR count). The average molecular weight is 475 g/mol. The molecular formula is C31H54O3. The van der Waals surface area contributed by atoms with E-state index >= 15 is 0 Å². The highest BCUT2D eigenvalue weighted by Gasteiger charge is 2.65. The molecule has 0 aromatic heterocycles. The lowest BCUT2D eigenvalue weighted by Gasteiger charge is -2.68. The zero-order valence-corrected chi connectivity index (χ0v) is 23.8. The lowest BCUT2D eigenvalue weighted by atomic mass is 9.36. The number of aliphatic hydroxyl groups is 1. The van der Waals surface area contributed by atoms with Crippen molar-refractivity contribution in [2.75, 3.05) is 0 Å². The van der Waals surface area contributed by atoms with E-state index in [-0.39, 0.29) is 27.8 Å². The van der Waals surface area contributed by atoms with Crippen LogP contribution < -0.4 is 0 Å². The molecule has 3 aliphatic rings. The van der Waals surface area contributed by atoms with E-state index in [0.717, 1.165) is 51.4 Å². The molecule has 0 spiro atoms. The Morgan fingerprint density at radius 2 is 1.74 bits per heavy atom. The van der Waals surface area contributed by atoms with Crippen LogP contribution in [0.5, 0.6) is 0 Å². The summed E-state index contributed by atoms with van der Waals surface area (Å²) in [4.78, 5) is 12.7. The first kappa shape index (κ1) is 27.8. The fourth-order valence-electron chi connectivity index (χ4n) is 9.56. The summed E-state index contributed by atoms with van der Waals surface area (Å²) in [6.45, 7) is 20.9. The van der Waals surface area contributed by atoms with Gasteiger partial charge in [0.25, 0.3) is 0 Å². The maximum atomic E-state index is 12.7. The van der Waals surface area contributed by atoms with Crippen LogP contribution in [-0.4, -0.2) is 22.3 Å². The number of carboxylic acids is 1. The Hall–Kier alpha value is -0.830. The molecule has 3 heteroatoms. The van der Waals surface area contributed by atoms with Gasteiger partial charge in [-0.3, -0.25) is 4.79 Å².